The van der Waals surface area contributed by atoms with Crippen molar-refractivity contribution in [2.75, 3.05) is 33.7 Å². The van der Waals surface area contributed by atoms with Gasteiger partial charge in [-0.05, 0) is 52.7 Å². The molecule has 6 nitrogen and oxygen atoms in total. The molecule has 0 radical (unpaired) electrons. The van der Waals surface area contributed by atoms with E-state index in [1.54, 1.807) is 6.33 Å². The molecule has 0 saturated carbocycles. The lowest BCUT2D eigenvalue weighted by molar-refractivity contribution is -0.131. The highest BCUT2D eigenvalue weighted by Crippen LogP contribution is 2.25. The number of aromatic nitrogens is 3. The highest BCUT2D eigenvalue weighted by atomic mass is 32.2. The number of rotatable bonds is 6. The number of likely N-dealkylation sites (tertiary alicyclic amines) is 1. The van der Waals surface area contributed by atoms with Crippen LogP contribution in [-0.2, 0) is 11.8 Å². The quantitative estimate of drug-likeness (QED) is 0.742. The molecule has 1 fully saturated rings. The predicted octanol–water partition coefficient (Wildman–Crippen LogP) is 1.49. The first-order chi connectivity index (χ1) is 10.5. The van der Waals surface area contributed by atoms with Crippen LogP contribution in [0.2, 0.25) is 0 Å². The van der Waals surface area contributed by atoms with Crippen LogP contribution in [0.5, 0.6) is 0 Å². The van der Waals surface area contributed by atoms with Gasteiger partial charge in [-0.15, -0.1) is 10.2 Å². The van der Waals surface area contributed by atoms with E-state index in [-0.39, 0.29) is 11.2 Å². The number of hydrogen-bond donors (Lipinski definition) is 0. The molecule has 1 aromatic rings. The van der Waals surface area contributed by atoms with E-state index in [1.165, 1.54) is 18.2 Å². The van der Waals surface area contributed by atoms with E-state index < -0.39 is 0 Å². The van der Waals surface area contributed by atoms with Crippen LogP contribution in [0.15, 0.2) is 11.5 Å². The molecule has 1 amide bonds. The van der Waals surface area contributed by atoms with Gasteiger partial charge in [0.2, 0.25) is 5.91 Å². The highest BCUT2D eigenvalue weighted by Gasteiger charge is 2.27. The molecule has 22 heavy (non-hydrogen) atoms. The van der Waals surface area contributed by atoms with E-state index in [2.05, 4.69) is 29.2 Å². The van der Waals surface area contributed by atoms with Gasteiger partial charge in [-0.3, -0.25) is 4.79 Å². The molecule has 0 spiro atoms. The summed E-state index contributed by atoms with van der Waals surface area (Å²) in [6.07, 6.45) is 5.15. The molecule has 0 aliphatic carbocycles. The third kappa shape index (κ3) is 4.71. The van der Waals surface area contributed by atoms with Gasteiger partial charge in [0.1, 0.15) is 6.33 Å². The third-order valence-corrected chi connectivity index (χ3v) is 5.35. The van der Waals surface area contributed by atoms with Crippen LogP contribution in [0.25, 0.3) is 0 Å². The Bertz CT molecular complexity index is 482. The SMILES string of the molecule is CC(Sc1nncn1C)C(=O)N1CCC(CCN(C)C)CC1. The molecular weight excluding hydrogens is 298 g/mol. The van der Waals surface area contributed by atoms with Crippen molar-refractivity contribution in [1.29, 1.82) is 0 Å². The molecule has 1 atom stereocenters. The van der Waals surface area contributed by atoms with Gasteiger partial charge >= 0.3 is 0 Å². The Labute approximate surface area is 137 Å². The fourth-order valence-corrected chi connectivity index (χ4v) is 3.60. The van der Waals surface area contributed by atoms with E-state index in [4.69, 9.17) is 0 Å². The van der Waals surface area contributed by atoms with Crippen molar-refractivity contribution in [3.63, 3.8) is 0 Å². The second-order valence-corrected chi connectivity index (χ2v) is 7.65. The number of nitrogens with zero attached hydrogens (tertiary/aromatic N) is 5. The number of carbonyl (C=O) groups excluding carboxylic acids is 1. The first-order valence-corrected chi connectivity index (χ1v) is 8.79. The van der Waals surface area contributed by atoms with E-state index in [0.717, 1.165) is 43.6 Å². The molecule has 2 heterocycles. The minimum Gasteiger partial charge on any atom is -0.342 e. The zero-order valence-corrected chi connectivity index (χ0v) is 14.8. The van der Waals surface area contributed by atoms with Gasteiger partial charge in [-0.2, -0.15) is 0 Å². The molecule has 1 aliphatic heterocycles. The predicted molar refractivity (Wildman–Crippen MR) is 88.8 cm³/mol. The molecule has 0 bridgehead atoms. The average Bonchev–Trinajstić information content (AvgIpc) is 2.90. The Hall–Kier alpha value is -1.08. The zero-order valence-electron chi connectivity index (χ0n) is 14.0. The van der Waals surface area contributed by atoms with Crippen molar-refractivity contribution in [3.8, 4) is 0 Å². The van der Waals surface area contributed by atoms with E-state index >= 15 is 0 Å². The van der Waals surface area contributed by atoms with Crippen LogP contribution < -0.4 is 0 Å². The molecule has 1 saturated heterocycles. The monoisotopic (exact) mass is 325 g/mol. The Kier molecular flexibility index (Phi) is 6.26. The molecule has 1 aromatic heterocycles. The zero-order chi connectivity index (χ0) is 16.1. The second kappa shape index (κ2) is 7.97. The summed E-state index contributed by atoms with van der Waals surface area (Å²) >= 11 is 1.49. The Morgan fingerprint density at radius 1 is 1.45 bits per heavy atom. The minimum absolute atomic E-state index is 0.110. The number of aryl methyl sites for hydroxylation is 1. The highest BCUT2D eigenvalue weighted by molar-refractivity contribution is 8.00. The van der Waals surface area contributed by atoms with Gasteiger partial charge < -0.3 is 14.4 Å². The van der Waals surface area contributed by atoms with Crippen molar-refractivity contribution in [1.82, 2.24) is 24.6 Å². The lowest BCUT2D eigenvalue weighted by atomic mass is 9.93. The van der Waals surface area contributed by atoms with Crippen molar-refractivity contribution < 1.29 is 4.79 Å². The minimum atomic E-state index is -0.110. The third-order valence-electron chi connectivity index (χ3n) is 4.21. The first-order valence-electron chi connectivity index (χ1n) is 7.91. The number of thioether (sulfide) groups is 1. The summed E-state index contributed by atoms with van der Waals surface area (Å²) in [5.41, 5.74) is 0. The summed E-state index contributed by atoms with van der Waals surface area (Å²) in [6, 6.07) is 0. The Balaban J connectivity index is 1.78. The Morgan fingerprint density at radius 2 is 2.14 bits per heavy atom. The smallest absolute Gasteiger partial charge is 0.235 e. The molecule has 0 N–H and O–H groups in total. The average molecular weight is 325 g/mol. The van der Waals surface area contributed by atoms with E-state index in [0.29, 0.717) is 0 Å². The summed E-state index contributed by atoms with van der Waals surface area (Å²) in [5, 5.41) is 8.57. The van der Waals surface area contributed by atoms with Gasteiger partial charge in [-0.1, -0.05) is 11.8 Å². The summed E-state index contributed by atoms with van der Waals surface area (Å²) in [4.78, 5) is 16.8. The van der Waals surface area contributed by atoms with Crippen molar-refractivity contribution in [2.24, 2.45) is 13.0 Å². The van der Waals surface area contributed by atoms with E-state index in [9.17, 15) is 4.79 Å². The Morgan fingerprint density at radius 3 is 2.68 bits per heavy atom. The van der Waals surface area contributed by atoms with Crippen LogP contribution in [0, 0.1) is 5.92 Å². The lowest BCUT2D eigenvalue weighted by Crippen LogP contribution is -2.42. The molecular formula is C15H27N5OS. The maximum atomic E-state index is 12.5. The summed E-state index contributed by atoms with van der Waals surface area (Å²) in [6.45, 7) is 4.87. The van der Waals surface area contributed by atoms with Crippen LogP contribution in [0.4, 0.5) is 0 Å². The largest absolute Gasteiger partial charge is 0.342 e. The van der Waals surface area contributed by atoms with Crippen molar-refractivity contribution in [2.45, 2.75) is 36.6 Å². The number of carbonyl (C=O) groups is 1. The summed E-state index contributed by atoms with van der Waals surface area (Å²) in [7, 11) is 6.13. The van der Waals surface area contributed by atoms with Gasteiger partial charge in [0.05, 0.1) is 5.25 Å². The summed E-state index contributed by atoms with van der Waals surface area (Å²) in [5.74, 6) is 0.979. The second-order valence-electron chi connectivity index (χ2n) is 6.35. The topological polar surface area (TPSA) is 54.3 Å². The molecule has 7 heteroatoms. The first kappa shape index (κ1) is 17.3. The van der Waals surface area contributed by atoms with Gasteiger partial charge in [-0.25, -0.2) is 0 Å². The van der Waals surface area contributed by atoms with Gasteiger partial charge in [0.15, 0.2) is 5.16 Å². The van der Waals surface area contributed by atoms with Crippen molar-refractivity contribution >= 4 is 17.7 Å². The van der Waals surface area contributed by atoms with Gasteiger partial charge in [0.25, 0.3) is 0 Å². The molecule has 2 rings (SSSR count). The number of piperidine rings is 1. The van der Waals surface area contributed by atoms with E-state index in [1.807, 2.05) is 23.4 Å². The van der Waals surface area contributed by atoms with Crippen LogP contribution in [0.1, 0.15) is 26.2 Å². The number of amides is 1. The van der Waals surface area contributed by atoms with Crippen LogP contribution in [-0.4, -0.2) is 69.5 Å². The van der Waals surface area contributed by atoms with Crippen LogP contribution >= 0.6 is 11.8 Å². The van der Waals surface area contributed by atoms with Crippen molar-refractivity contribution in [3.05, 3.63) is 6.33 Å². The normalized spacial score (nSPS) is 18.0. The molecule has 0 aromatic carbocycles. The maximum Gasteiger partial charge on any atom is 0.235 e. The molecule has 1 aliphatic rings. The number of hydrogen-bond acceptors (Lipinski definition) is 5. The molecule has 1 unspecified atom stereocenters. The fourth-order valence-electron chi connectivity index (χ4n) is 2.73. The maximum absolute atomic E-state index is 12.5. The van der Waals surface area contributed by atoms with Crippen LogP contribution in [0.3, 0.4) is 0 Å². The standard InChI is InChI=1S/C15H27N5OS/c1-12(22-15-17-16-11-19(15)4)14(21)20-9-6-13(7-10-20)5-8-18(2)3/h11-13H,5-10H2,1-4H3. The summed E-state index contributed by atoms with van der Waals surface area (Å²) < 4.78 is 1.85. The lowest BCUT2D eigenvalue weighted by Gasteiger charge is -2.33. The van der Waals surface area contributed by atoms with Gasteiger partial charge in [0, 0.05) is 20.1 Å². The molecule has 124 valence electrons. The fraction of sp³-hybridized carbons (Fsp3) is 0.800.